The first kappa shape index (κ1) is 20.1. The number of rotatable bonds is 5. The lowest BCUT2D eigenvalue weighted by Gasteiger charge is -2.45. The first-order valence-corrected chi connectivity index (χ1v) is 12.2. The van der Waals surface area contributed by atoms with E-state index in [4.69, 9.17) is 13.8 Å². The van der Waals surface area contributed by atoms with Crippen molar-refractivity contribution in [1.29, 1.82) is 0 Å². The van der Waals surface area contributed by atoms with Crippen molar-refractivity contribution in [3.8, 4) is 0 Å². The van der Waals surface area contributed by atoms with Gasteiger partial charge in [-0.05, 0) is 58.3 Å². The maximum atomic E-state index is 13.1. The van der Waals surface area contributed by atoms with Crippen LogP contribution in [0.1, 0.15) is 67.6 Å². The van der Waals surface area contributed by atoms with Gasteiger partial charge in [-0.3, -0.25) is 0 Å². The van der Waals surface area contributed by atoms with Crippen LogP contribution in [-0.4, -0.2) is 53.3 Å². The van der Waals surface area contributed by atoms with E-state index in [1.807, 2.05) is 0 Å². The van der Waals surface area contributed by atoms with E-state index in [-0.39, 0.29) is 10.5 Å². The molecule has 1 saturated carbocycles. The lowest BCUT2D eigenvalue weighted by Crippen LogP contribution is -2.51. The van der Waals surface area contributed by atoms with E-state index >= 15 is 0 Å². The van der Waals surface area contributed by atoms with Gasteiger partial charge in [-0.1, -0.05) is 10.3 Å². The summed E-state index contributed by atoms with van der Waals surface area (Å²) in [5, 5.41) is 7.97. The minimum atomic E-state index is -3.61. The molecule has 9 nitrogen and oxygen atoms in total. The Kier molecular flexibility index (Phi) is 4.98. The highest BCUT2D eigenvalue weighted by Gasteiger charge is 2.44. The van der Waals surface area contributed by atoms with Gasteiger partial charge >= 0.3 is 0 Å². The fourth-order valence-corrected chi connectivity index (χ4v) is 6.60. The van der Waals surface area contributed by atoms with Crippen LogP contribution in [0.25, 0.3) is 0 Å². The summed E-state index contributed by atoms with van der Waals surface area (Å²) in [5.41, 5.74) is 0.143. The molecular formula is C20H28N4O5S. The highest BCUT2D eigenvalue weighted by molar-refractivity contribution is 7.89. The summed E-state index contributed by atoms with van der Waals surface area (Å²) in [6.07, 6.45) is 6.33. The average molecular weight is 437 g/mol. The Morgan fingerprint density at radius 2 is 1.87 bits per heavy atom. The summed E-state index contributed by atoms with van der Waals surface area (Å²) < 4.78 is 44.4. The standard InChI is InChI=1S/C20H28N4O5S/c1-13-18(14(2)28-22-13)30(25,26)24-8-6-20(7-9-24)12-15(5-10-27-20)11-17-21-19(29-23-17)16-3-4-16/h15-16H,3-12H2,1-2H3. The van der Waals surface area contributed by atoms with E-state index < -0.39 is 10.0 Å². The Balaban J connectivity index is 1.23. The van der Waals surface area contributed by atoms with Crippen LogP contribution in [0.3, 0.4) is 0 Å². The zero-order valence-corrected chi connectivity index (χ0v) is 18.3. The summed E-state index contributed by atoms with van der Waals surface area (Å²) in [6.45, 7) is 4.87. The first-order chi connectivity index (χ1) is 14.4. The van der Waals surface area contributed by atoms with Crippen molar-refractivity contribution in [2.45, 2.75) is 75.2 Å². The highest BCUT2D eigenvalue weighted by atomic mass is 32.2. The number of nitrogens with zero attached hydrogens (tertiary/aromatic N) is 4. The van der Waals surface area contributed by atoms with Gasteiger partial charge < -0.3 is 13.8 Å². The Morgan fingerprint density at radius 3 is 2.53 bits per heavy atom. The number of ether oxygens (including phenoxy) is 1. The molecule has 30 heavy (non-hydrogen) atoms. The SMILES string of the molecule is Cc1noc(C)c1S(=O)(=O)N1CCC2(CC1)CC(Cc1noc(C3CC3)n1)CCO2. The lowest BCUT2D eigenvalue weighted by molar-refractivity contribution is -0.120. The quantitative estimate of drug-likeness (QED) is 0.703. The van der Waals surface area contributed by atoms with Gasteiger partial charge in [0.05, 0.1) is 5.60 Å². The molecule has 2 saturated heterocycles. The molecule has 1 spiro atoms. The predicted octanol–water partition coefficient (Wildman–Crippen LogP) is 2.74. The van der Waals surface area contributed by atoms with Crippen molar-refractivity contribution in [3.63, 3.8) is 0 Å². The topological polar surface area (TPSA) is 112 Å². The normalized spacial score (nSPS) is 25.1. The van der Waals surface area contributed by atoms with Crippen LogP contribution in [0.2, 0.25) is 0 Å². The molecule has 2 aromatic heterocycles. The number of aryl methyl sites for hydroxylation is 2. The molecule has 3 fully saturated rings. The largest absolute Gasteiger partial charge is 0.375 e. The number of piperidine rings is 1. The maximum absolute atomic E-state index is 13.1. The molecule has 1 atom stereocenters. The monoisotopic (exact) mass is 436 g/mol. The molecule has 0 radical (unpaired) electrons. The third-order valence-corrected chi connectivity index (χ3v) is 8.82. The van der Waals surface area contributed by atoms with Crippen molar-refractivity contribution < 1.29 is 22.2 Å². The van der Waals surface area contributed by atoms with Crippen LogP contribution < -0.4 is 0 Å². The number of hydrogen-bond acceptors (Lipinski definition) is 8. The Bertz CT molecular complexity index is 998. The Labute approximate surface area is 176 Å². The molecule has 1 aliphatic carbocycles. The molecule has 0 amide bonds. The van der Waals surface area contributed by atoms with E-state index in [0.717, 1.165) is 43.8 Å². The van der Waals surface area contributed by atoms with E-state index in [1.54, 1.807) is 18.2 Å². The fourth-order valence-electron chi connectivity index (χ4n) is 4.86. The lowest BCUT2D eigenvalue weighted by atomic mass is 9.78. The molecule has 5 rings (SSSR count). The van der Waals surface area contributed by atoms with Gasteiger partial charge in [0.15, 0.2) is 11.6 Å². The highest BCUT2D eigenvalue weighted by Crippen LogP contribution is 2.41. The first-order valence-electron chi connectivity index (χ1n) is 10.8. The molecule has 4 heterocycles. The number of sulfonamides is 1. The third kappa shape index (κ3) is 3.69. The molecule has 1 unspecified atom stereocenters. The van der Waals surface area contributed by atoms with Crippen LogP contribution in [0.4, 0.5) is 0 Å². The predicted molar refractivity (Wildman–Crippen MR) is 105 cm³/mol. The minimum Gasteiger partial charge on any atom is -0.375 e. The van der Waals surface area contributed by atoms with Gasteiger partial charge in [-0.25, -0.2) is 8.42 Å². The van der Waals surface area contributed by atoms with Gasteiger partial charge in [0.1, 0.15) is 10.6 Å². The fraction of sp³-hybridized carbons (Fsp3) is 0.750. The Morgan fingerprint density at radius 1 is 1.10 bits per heavy atom. The van der Waals surface area contributed by atoms with Crippen LogP contribution in [0.5, 0.6) is 0 Å². The van der Waals surface area contributed by atoms with Crippen molar-refractivity contribution in [3.05, 3.63) is 23.2 Å². The van der Waals surface area contributed by atoms with Gasteiger partial charge in [0, 0.05) is 32.0 Å². The van der Waals surface area contributed by atoms with Crippen LogP contribution in [0.15, 0.2) is 13.9 Å². The van der Waals surface area contributed by atoms with Gasteiger partial charge in [0.25, 0.3) is 0 Å². The van der Waals surface area contributed by atoms with Gasteiger partial charge in [-0.2, -0.15) is 9.29 Å². The van der Waals surface area contributed by atoms with Crippen molar-refractivity contribution in [2.24, 2.45) is 5.92 Å². The molecule has 164 valence electrons. The molecule has 0 bridgehead atoms. The molecule has 3 aliphatic rings. The van der Waals surface area contributed by atoms with Crippen LogP contribution in [-0.2, 0) is 21.2 Å². The minimum absolute atomic E-state index is 0.199. The summed E-state index contributed by atoms with van der Waals surface area (Å²) in [7, 11) is -3.61. The summed E-state index contributed by atoms with van der Waals surface area (Å²) in [6, 6.07) is 0. The molecule has 0 aromatic carbocycles. The summed E-state index contributed by atoms with van der Waals surface area (Å²) >= 11 is 0. The molecule has 0 N–H and O–H groups in total. The number of hydrogen-bond donors (Lipinski definition) is 0. The van der Waals surface area contributed by atoms with Crippen molar-refractivity contribution in [1.82, 2.24) is 19.6 Å². The second kappa shape index (κ2) is 7.42. The van der Waals surface area contributed by atoms with Crippen molar-refractivity contribution >= 4 is 10.0 Å². The van der Waals surface area contributed by atoms with Gasteiger partial charge in [-0.15, -0.1) is 0 Å². The zero-order chi connectivity index (χ0) is 20.9. The van der Waals surface area contributed by atoms with E-state index in [9.17, 15) is 8.42 Å². The Hall–Kier alpha value is -1.78. The van der Waals surface area contributed by atoms with E-state index in [1.165, 1.54) is 0 Å². The van der Waals surface area contributed by atoms with Crippen LogP contribution in [0, 0.1) is 19.8 Å². The molecule has 2 aliphatic heterocycles. The van der Waals surface area contributed by atoms with E-state index in [2.05, 4.69) is 15.3 Å². The summed E-state index contributed by atoms with van der Waals surface area (Å²) in [5.74, 6) is 2.81. The molecule has 10 heteroatoms. The molecular weight excluding hydrogens is 408 g/mol. The third-order valence-electron chi connectivity index (χ3n) is 6.68. The second-order valence-corrected chi connectivity index (χ2v) is 10.8. The average Bonchev–Trinajstić information content (AvgIpc) is 3.36. The van der Waals surface area contributed by atoms with Gasteiger partial charge in [0.2, 0.25) is 15.9 Å². The zero-order valence-electron chi connectivity index (χ0n) is 17.5. The maximum Gasteiger partial charge on any atom is 0.248 e. The second-order valence-electron chi connectivity index (χ2n) is 8.97. The molecule has 2 aromatic rings. The summed E-state index contributed by atoms with van der Waals surface area (Å²) in [4.78, 5) is 4.77. The smallest absolute Gasteiger partial charge is 0.248 e. The van der Waals surface area contributed by atoms with Crippen molar-refractivity contribution in [2.75, 3.05) is 19.7 Å². The number of aromatic nitrogens is 3. The van der Waals surface area contributed by atoms with Crippen LogP contribution >= 0.6 is 0 Å². The van der Waals surface area contributed by atoms with E-state index in [0.29, 0.717) is 55.8 Å².